The van der Waals surface area contributed by atoms with Gasteiger partial charge < -0.3 is 9.52 Å². The molecule has 1 heterocycles. The van der Waals surface area contributed by atoms with Crippen LogP contribution in [0.25, 0.3) is 11.1 Å². The number of oxazole rings is 1. The monoisotopic (exact) mass is 233 g/mol. The minimum Gasteiger partial charge on any atom is -0.478 e. The number of fused-ring (bicyclic) bond motifs is 1. The Balaban J connectivity index is 2.30. The Bertz CT molecular complexity index is 530. The molecule has 0 unspecified atom stereocenters. The van der Waals surface area contributed by atoms with E-state index >= 15 is 0 Å². The SMILES string of the molecule is CCCCCc1nc2c(C(=O)O)cccc2o1. The van der Waals surface area contributed by atoms with Crippen molar-refractivity contribution in [1.82, 2.24) is 4.98 Å². The molecule has 0 spiro atoms. The third-order valence-corrected chi connectivity index (χ3v) is 2.69. The van der Waals surface area contributed by atoms with Crippen LogP contribution in [0.5, 0.6) is 0 Å². The van der Waals surface area contributed by atoms with Gasteiger partial charge in [0.15, 0.2) is 11.5 Å². The number of unbranched alkanes of at least 4 members (excludes halogenated alkanes) is 2. The highest BCUT2D eigenvalue weighted by atomic mass is 16.4. The number of aromatic carboxylic acids is 1. The predicted molar refractivity (Wildman–Crippen MR) is 64.2 cm³/mol. The van der Waals surface area contributed by atoms with E-state index in [-0.39, 0.29) is 5.56 Å². The lowest BCUT2D eigenvalue weighted by atomic mass is 10.2. The van der Waals surface area contributed by atoms with Crippen LogP contribution in [0.4, 0.5) is 0 Å². The van der Waals surface area contributed by atoms with Gasteiger partial charge in [0.2, 0.25) is 0 Å². The number of hydrogen-bond donors (Lipinski definition) is 1. The Morgan fingerprint density at radius 3 is 2.94 bits per heavy atom. The molecule has 0 saturated carbocycles. The molecule has 4 nitrogen and oxygen atoms in total. The highest BCUT2D eigenvalue weighted by Gasteiger charge is 2.13. The molecular formula is C13H15NO3. The second kappa shape index (κ2) is 4.99. The maximum Gasteiger partial charge on any atom is 0.338 e. The van der Waals surface area contributed by atoms with Crippen molar-refractivity contribution in [2.75, 3.05) is 0 Å². The number of aromatic nitrogens is 1. The summed E-state index contributed by atoms with van der Waals surface area (Å²) in [6.07, 6.45) is 4.05. The van der Waals surface area contributed by atoms with E-state index in [0.717, 1.165) is 25.7 Å². The summed E-state index contributed by atoms with van der Waals surface area (Å²) < 4.78 is 5.53. The van der Waals surface area contributed by atoms with Crippen LogP contribution < -0.4 is 0 Å². The molecule has 0 aliphatic carbocycles. The minimum absolute atomic E-state index is 0.202. The minimum atomic E-state index is -0.969. The molecule has 0 bridgehead atoms. The van der Waals surface area contributed by atoms with Crippen molar-refractivity contribution in [2.45, 2.75) is 32.6 Å². The molecule has 0 fully saturated rings. The number of aryl methyl sites for hydroxylation is 1. The number of carboxylic acids is 1. The molecule has 1 aromatic carbocycles. The van der Waals surface area contributed by atoms with Gasteiger partial charge in [-0.1, -0.05) is 25.8 Å². The summed E-state index contributed by atoms with van der Waals surface area (Å²) in [7, 11) is 0. The Morgan fingerprint density at radius 1 is 1.41 bits per heavy atom. The molecule has 4 heteroatoms. The smallest absolute Gasteiger partial charge is 0.338 e. The number of para-hydroxylation sites is 1. The quantitative estimate of drug-likeness (QED) is 0.805. The van der Waals surface area contributed by atoms with Gasteiger partial charge in [-0.2, -0.15) is 0 Å². The van der Waals surface area contributed by atoms with Gasteiger partial charge in [-0.15, -0.1) is 0 Å². The lowest BCUT2D eigenvalue weighted by Crippen LogP contribution is -1.96. The molecule has 0 aliphatic rings. The first-order valence-electron chi connectivity index (χ1n) is 5.84. The first-order chi connectivity index (χ1) is 8.22. The standard InChI is InChI=1S/C13H15NO3/c1-2-3-4-8-11-14-12-9(13(15)16)6-5-7-10(12)17-11/h5-7H,2-4,8H2,1H3,(H,15,16). The van der Waals surface area contributed by atoms with Gasteiger partial charge in [0.1, 0.15) is 5.52 Å². The fraction of sp³-hybridized carbons (Fsp3) is 0.385. The molecule has 0 aliphatic heterocycles. The summed E-state index contributed by atoms with van der Waals surface area (Å²) in [4.78, 5) is 15.3. The van der Waals surface area contributed by atoms with Crippen molar-refractivity contribution >= 4 is 17.1 Å². The first kappa shape index (κ1) is 11.6. The lowest BCUT2D eigenvalue weighted by Gasteiger charge is -1.92. The van der Waals surface area contributed by atoms with E-state index in [1.165, 1.54) is 0 Å². The number of carbonyl (C=O) groups is 1. The Labute approximate surface area is 99.3 Å². The molecule has 0 atom stereocenters. The van der Waals surface area contributed by atoms with E-state index in [1.807, 2.05) is 0 Å². The predicted octanol–water partition coefficient (Wildman–Crippen LogP) is 3.26. The third-order valence-electron chi connectivity index (χ3n) is 2.69. The van der Waals surface area contributed by atoms with Crippen LogP contribution in [0, 0.1) is 0 Å². The lowest BCUT2D eigenvalue weighted by molar-refractivity contribution is 0.0699. The molecule has 1 aromatic heterocycles. The van der Waals surface area contributed by atoms with Gasteiger partial charge >= 0.3 is 5.97 Å². The second-order valence-electron chi connectivity index (χ2n) is 4.02. The van der Waals surface area contributed by atoms with Crippen molar-refractivity contribution in [3.63, 3.8) is 0 Å². The van der Waals surface area contributed by atoms with Gasteiger partial charge in [0.05, 0.1) is 5.56 Å². The van der Waals surface area contributed by atoms with Gasteiger partial charge in [-0.3, -0.25) is 0 Å². The average molecular weight is 233 g/mol. The average Bonchev–Trinajstić information content (AvgIpc) is 2.71. The van der Waals surface area contributed by atoms with Gasteiger partial charge in [0.25, 0.3) is 0 Å². The topological polar surface area (TPSA) is 63.3 Å². The highest BCUT2D eigenvalue weighted by molar-refractivity contribution is 6.00. The van der Waals surface area contributed by atoms with Crippen LogP contribution in [-0.2, 0) is 6.42 Å². The Hall–Kier alpha value is -1.84. The van der Waals surface area contributed by atoms with Crippen molar-refractivity contribution in [3.05, 3.63) is 29.7 Å². The third kappa shape index (κ3) is 2.46. The van der Waals surface area contributed by atoms with Gasteiger partial charge in [0, 0.05) is 6.42 Å². The van der Waals surface area contributed by atoms with Gasteiger partial charge in [-0.25, -0.2) is 9.78 Å². The molecular weight excluding hydrogens is 218 g/mol. The Kier molecular flexibility index (Phi) is 3.42. The summed E-state index contributed by atoms with van der Waals surface area (Å²) in [5.41, 5.74) is 1.20. The first-order valence-corrected chi connectivity index (χ1v) is 5.84. The summed E-state index contributed by atoms with van der Waals surface area (Å²) >= 11 is 0. The van der Waals surface area contributed by atoms with Crippen molar-refractivity contribution < 1.29 is 14.3 Å². The molecule has 2 rings (SSSR count). The highest BCUT2D eigenvalue weighted by Crippen LogP contribution is 2.20. The van der Waals surface area contributed by atoms with Crippen LogP contribution in [-0.4, -0.2) is 16.1 Å². The van der Waals surface area contributed by atoms with E-state index in [0.29, 0.717) is 17.0 Å². The Morgan fingerprint density at radius 2 is 2.24 bits per heavy atom. The fourth-order valence-electron chi connectivity index (χ4n) is 1.80. The molecule has 2 aromatic rings. The van der Waals surface area contributed by atoms with E-state index in [1.54, 1.807) is 18.2 Å². The fourth-order valence-corrected chi connectivity index (χ4v) is 1.80. The molecule has 0 radical (unpaired) electrons. The summed E-state index contributed by atoms with van der Waals surface area (Å²) in [5.74, 6) is -0.342. The van der Waals surface area contributed by atoms with E-state index < -0.39 is 5.97 Å². The van der Waals surface area contributed by atoms with Crippen molar-refractivity contribution in [3.8, 4) is 0 Å². The van der Waals surface area contributed by atoms with Crippen LogP contribution >= 0.6 is 0 Å². The zero-order chi connectivity index (χ0) is 12.3. The van der Waals surface area contributed by atoms with Gasteiger partial charge in [-0.05, 0) is 18.6 Å². The number of benzene rings is 1. The molecule has 0 saturated heterocycles. The molecule has 90 valence electrons. The van der Waals surface area contributed by atoms with E-state index in [9.17, 15) is 4.79 Å². The largest absolute Gasteiger partial charge is 0.478 e. The maximum absolute atomic E-state index is 11.0. The van der Waals surface area contributed by atoms with E-state index in [2.05, 4.69) is 11.9 Å². The number of nitrogens with zero attached hydrogens (tertiary/aromatic N) is 1. The number of carboxylic acid groups (broad SMARTS) is 1. The second-order valence-corrected chi connectivity index (χ2v) is 4.02. The molecule has 1 N–H and O–H groups in total. The van der Waals surface area contributed by atoms with E-state index in [4.69, 9.17) is 9.52 Å². The summed E-state index contributed by atoms with van der Waals surface area (Å²) in [5, 5.41) is 9.02. The normalized spacial score (nSPS) is 10.9. The van der Waals surface area contributed by atoms with Crippen LogP contribution in [0.1, 0.15) is 42.4 Å². The summed E-state index contributed by atoms with van der Waals surface area (Å²) in [6, 6.07) is 4.97. The van der Waals surface area contributed by atoms with Crippen LogP contribution in [0.3, 0.4) is 0 Å². The molecule has 17 heavy (non-hydrogen) atoms. The zero-order valence-corrected chi connectivity index (χ0v) is 9.77. The zero-order valence-electron chi connectivity index (χ0n) is 9.77. The number of rotatable bonds is 5. The van der Waals surface area contributed by atoms with Crippen LogP contribution in [0.2, 0.25) is 0 Å². The summed E-state index contributed by atoms with van der Waals surface area (Å²) in [6.45, 7) is 2.13. The van der Waals surface area contributed by atoms with Crippen LogP contribution in [0.15, 0.2) is 22.6 Å². The van der Waals surface area contributed by atoms with Crippen molar-refractivity contribution in [1.29, 1.82) is 0 Å². The van der Waals surface area contributed by atoms with Crippen molar-refractivity contribution in [2.24, 2.45) is 0 Å². The maximum atomic E-state index is 11.0. The number of hydrogen-bond acceptors (Lipinski definition) is 3. The molecule has 0 amide bonds.